The Morgan fingerprint density at radius 3 is 2.65 bits per heavy atom. The molecule has 3 rings (SSSR count). The van der Waals surface area contributed by atoms with E-state index in [0.29, 0.717) is 6.42 Å². The van der Waals surface area contributed by atoms with Gasteiger partial charge in [-0.3, -0.25) is 9.59 Å². The lowest BCUT2D eigenvalue weighted by atomic mass is 9.71. The molecule has 0 atom stereocenters. The molecule has 1 N–H and O–H groups in total. The summed E-state index contributed by atoms with van der Waals surface area (Å²) in [5.41, 5.74) is 2.58. The van der Waals surface area contributed by atoms with Crippen LogP contribution in [0.4, 0.5) is 5.69 Å². The minimum absolute atomic E-state index is 0.0656. The Kier molecular flexibility index (Phi) is 3.36. The Hall–Kier alpha value is -1.64. The van der Waals surface area contributed by atoms with Gasteiger partial charge in [0.15, 0.2) is 5.78 Å². The lowest BCUT2D eigenvalue weighted by molar-refractivity contribution is -0.116. The largest absolute Gasteiger partial charge is 0.326 e. The summed E-state index contributed by atoms with van der Waals surface area (Å²) in [6.45, 7) is 2.11. The molecule has 1 aliphatic heterocycles. The van der Waals surface area contributed by atoms with E-state index >= 15 is 0 Å². The lowest BCUT2D eigenvalue weighted by Crippen LogP contribution is -2.30. The number of rotatable bonds is 2. The van der Waals surface area contributed by atoms with Gasteiger partial charge in [-0.2, -0.15) is 0 Å². The molecular formula is C17H21NO2. The summed E-state index contributed by atoms with van der Waals surface area (Å²) in [6.07, 6.45) is 6.81. The van der Waals surface area contributed by atoms with Crippen molar-refractivity contribution in [1.29, 1.82) is 0 Å². The molecule has 1 aromatic carbocycles. The third-order valence-electron chi connectivity index (χ3n) is 4.77. The van der Waals surface area contributed by atoms with Gasteiger partial charge in [0.2, 0.25) is 5.91 Å². The minimum Gasteiger partial charge on any atom is -0.326 e. The molecule has 3 heteroatoms. The maximum atomic E-state index is 12.8. The molecule has 0 spiro atoms. The molecule has 1 aromatic rings. The lowest BCUT2D eigenvalue weighted by Gasteiger charge is -2.32. The van der Waals surface area contributed by atoms with Crippen molar-refractivity contribution in [3.8, 4) is 0 Å². The SMILES string of the molecule is CC1(C(=O)c2ccc3c(c2)CCC(=O)N3)CCCCC1. The van der Waals surface area contributed by atoms with Crippen LogP contribution in [0.15, 0.2) is 18.2 Å². The molecule has 1 heterocycles. The molecule has 106 valence electrons. The number of anilines is 1. The average molecular weight is 271 g/mol. The summed E-state index contributed by atoms with van der Waals surface area (Å²) in [4.78, 5) is 24.1. The van der Waals surface area contributed by atoms with Crippen LogP contribution in [0.3, 0.4) is 0 Å². The topological polar surface area (TPSA) is 46.2 Å². The van der Waals surface area contributed by atoms with Crippen molar-refractivity contribution >= 4 is 17.4 Å². The molecule has 1 amide bonds. The van der Waals surface area contributed by atoms with Crippen LogP contribution >= 0.6 is 0 Å². The zero-order valence-electron chi connectivity index (χ0n) is 12.0. The van der Waals surface area contributed by atoms with Crippen LogP contribution in [0.1, 0.15) is 61.4 Å². The zero-order chi connectivity index (χ0) is 14.2. The van der Waals surface area contributed by atoms with Gasteiger partial charge in [0.25, 0.3) is 0 Å². The number of carbonyl (C=O) groups excluding carboxylic acids is 2. The highest BCUT2D eigenvalue weighted by Crippen LogP contribution is 2.39. The third-order valence-corrected chi connectivity index (χ3v) is 4.77. The second-order valence-corrected chi connectivity index (χ2v) is 6.37. The van der Waals surface area contributed by atoms with Gasteiger partial charge in [0.1, 0.15) is 0 Å². The normalized spacial score (nSPS) is 20.9. The second kappa shape index (κ2) is 5.04. The third kappa shape index (κ3) is 2.37. The molecule has 0 aromatic heterocycles. The van der Waals surface area contributed by atoms with E-state index in [0.717, 1.165) is 48.9 Å². The Morgan fingerprint density at radius 1 is 1.15 bits per heavy atom. The van der Waals surface area contributed by atoms with Gasteiger partial charge in [-0.1, -0.05) is 26.2 Å². The predicted octanol–water partition coefficient (Wildman–Crippen LogP) is 3.72. The molecule has 1 saturated carbocycles. The zero-order valence-corrected chi connectivity index (χ0v) is 12.0. The quantitative estimate of drug-likeness (QED) is 0.833. The molecule has 2 aliphatic rings. The number of ketones is 1. The van der Waals surface area contributed by atoms with Crippen molar-refractivity contribution in [2.45, 2.75) is 51.9 Å². The van der Waals surface area contributed by atoms with Gasteiger partial charge >= 0.3 is 0 Å². The molecule has 1 fully saturated rings. The van der Waals surface area contributed by atoms with Crippen LogP contribution in [-0.4, -0.2) is 11.7 Å². The van der Waals surface area contributed by atoms with Crippen LogP contribution in [0, 0.1) is 5.41 Å². The van der Waals surface area contributed by atoms with E-state index in [9.17, 15) is 9.59 Å². The van der Waals surface area contributed by atoms with Crippen LogP contribution in [-0.2, 0) is 11.2 Å². The monoisotopic (exact) mass is 271 g/mol. The molecular weight excluding hydrogens is 250 g/mol. The van der Waals surface area contributed by atoms with Crippen molar-refractivity contribution in [2.75, 3.05) is 5.32 Å². The molecule has 0 radical (unpaired) electrons. The van der Waals surface area contributed by atoms with Crippen LogP contribution < -0.4 is 5.32 Å². The molecule has 20 heavy (non-hydrogen) atoms. The summed E-state index contributed by atoms with van der Waals surface area (Å²) >= 11 is 0. The maximum Gasteiger partial charge on any atom is 0.224 e. The van der Waals surface area contributed by atoms with Gasteiger partial charge in [0.05, 0.1) is 0 Å². The number of aryl methyl sites for hydroxylation is 1. The van der Waals surface area contributed by atoms with Gasteiger partial charge in [0, 0.05) is 23.1 Å². The van der Waals surface area contributed by atoms with Crippen molar-refractivity contribution in [3.05, 3.63) is 29.3 Å². The van der Waals surface area contributed by atoms with Crippen molar-refractivity contribution < 1.29 is 9.59 Å². The number of carbonyl (C=O) groups is 2. The molecule has 1 aliphatic carbocycles. The highest BCUT2D eigenvalue weighted by atomic mass is 16.1. The summed E-state index contributed by atoms with van der Waals surface area (Å²) in [7, 11) is 0. The fourth-order valence-corrected chi connectivity index (χ4v) is 3.43. The van der Waals surface area contributed by atoms with Gasteiger partial charge in [-0.05, 0) is 43.0 Å². The first-order valence-electron chi connectivity index (χ1n) is 7.56. The summed E-state index contributed by atoms with van der Waals surface area (Å²) in [5, 5.41) is 2.86. The number of hydrogen-bond acceptors (Lipinski definition) is 2. The van der Waals surface area contributed by atoms with E-state index < -0.39 is 0 Å². The first-order valence-corrected chi connectivity index (χ1v) is 7.56. The molecule has 0 saturated heterocycles. The number of hydrogen-bond donors (Lipinski definition) is 1. The fourth-order valence-electron chi connectivity index (χ4n) is 3.43. The van der Waals surface area contributed by atoms with Crippen molar-refractivity contribution in [3.63, 3.8) is 0 Å². The van der Waals surface area contributed by atoms with Crippen LogP contribution in [0.2, 0.25) is 0 Å². The highest BCUT2D eigenvalue weighted by molar-refractivity contribution is 6.02. The summed E-state index contributed by atoms with van der Waals surface area (Å²) < 4.78 is 0. The average Bonchev–Trinajstić information content (AvgIpc) is 2.46. The van der Waals surface area contributed by atoms with E-state index in [-0.39, 0.29) is 17.1 Å². The van der Waals surface area contributed by atoms with E-state index in [2.05, 4.69) is 12.2 Å². The number of Topliss-reactive ketones (excluding diaryl/α,β-unsaturated/α-hetero) is 1. The Labute approximate surface area is 119 Å². The molecule has 3 nitrogen and oxygen atoms in total. The Morgan fingerprint density at radius 2 is 1.90 bits per heavy atom. The number of fused-ring (bicyclic) bond motifs is 1. The second-order valence-electron chi connectivity index (χ2n) is 6.37. The first-order chi connectivity index (χ1) is 9.58. The van der Waals surface area contributed by atoms with Gasteiger partial charge < -0.3 is 5.32 Å². The number of benzene rings is 1. The first kappa shape index (κ1) is 13.3. The number of amides is 1. The van der Waals surface area contributed by atoms with E-state index in [4.69, 9.17) is 0 Å². The Balaban J connectivity index is 1.87. The standard InChI is InChI=1S/C17H21NO2/c1-17(9-3-2-4-10-17)16(20)13-5-7-14-12(11-13)6-8-15(19)18-14/h5,7,11H,2-4,6,8-10H2,1H3,(H,18,19). The van der Waals surface area contributed by atoms with Crippen molar-refractivity contribution in [1.82, 2.24) is 0 Å². The number of nitrogens with one attached hydrogen (secondary N) is 1. The van der Waals surface area contributed by atoms with E-state index in [1.54, 1.807) is 0 Å². The summed E-state index contributed by atoms with van der Waals surface area (Å²) in [6, 6.07) is 5.73. The summed E-state index contributed by atoms with van der Waals surface area (Å²) in [5.74, 6) is 0.340. The van der Waals surface area contributed by atoms with Crippen molar-refractivity contribution in [2.24, 2.45) is 5.41 Å². The highest BCUT2D eigenvalue weighted by Gasteiger charge is 2.35. The van der Waals surface area contributed by atoms with Gasteiger partial charge in [-0.25, -0.2) is 0 Å². The minimum atomic E-state index is -0.190. The van der Waals surface area contributed by atoms with E-state index in [1.807, 2.05) is 18.2 Å². The Bertz CT molecular complexity index is 556. The molecule has 0 unspecified atom stereocenters. The van der Waals surface area contributed by atoms with Crippen LogP contribution in [0.5, 0.6) is 0 Å². The predicted molar refractivity (Wildman–Crippen MR) is 78.9 cm³/mol. The van der Waals surface area contributed by atoms with E-state index in [1.165, 1.54) is 6.42 Å². The van der Waals surface area contributed by atoms with Gasteiger partial charge in [-0.15, -0.1) is 0 Å². The maximum absolute atomic E-state index is 12.8. The molecule has 0 bridgehead atoms. The smallest absolute Gasteiger partial charge is 0.224 e. The fraction of sp³-hybridized carbons (Fsp3) is 0.529. The van der Waals surface area contributed by atoms with Crippen LogP contribution in [0.25, 0.3) is 0 Å².